The number of anilines is 1. The molecule has 0 aromatic heterocycles. The zero-order valence-electron chi connectivity index (χ0n) is 8.31. The first-order valence-electron chi connectivity index (χ1n) is 4.50. The van der Waals surface area contributed by atoms with Crippen molar-refractivity contribution in [1.82, 2.24) is 0 Å². The SMILES string of the molecule is Cc1cc(F)c(C(O)C(O)CS)cc1N. The van der Waals surface area contributed by atoms with Gasteiger partial charge in [0.15, 0.2) is 0 Å². The van der Waals surface area contributed by atoms with E-state index in [0.717, 1.165) is 0 Å². The molecule has 1 aromatic rings. The summed E-state index contributed by atoms with van der Waals surface area (Å²) in [5, 5.41) is 18.9. The van der Waals surface area contributed by atoms with Gasteiger partial charge in [0.25, 0.3) is 0 Å². The van der Waals surface area contributed by atoms with Gasteiger partial charge < -0.3 is 15.9 Å². The molecule has 0 heterocycles. The van der Waals surface area contributed by atoms with Gasteiger partial charge in [0.05, 0.1) is 6.10 Å². The molecular weight excluding hydrogens is 217 g/mol. The number of hydrogen-bond donors (Lipinski definition) is 4. The number of aliphatic hydroxyl groups is 2. The Labute approximate surface area is 93.1 Å². The van der Waals surface area contributed by atoms with E-state index in [1.54, 1.807) is 6.92 Å². The summed E-state index contributed by atoms with van der Waals surface area (Å²) in [4.78, 5) is 0. The highest BCUT2D eigenvalue weighted by Crippen LogP contribution is 2.25. The highest BCUT2D eigenvalue weighted by Gasteiger charge is 2.21. The summed E-state index contributed by atoms with van der Waals surface area (Å²) in [5.41, 5.74) is 6.58. The normalized spacial score (nSPS) is 15.0. The van der Waals surface area contributed by atoms with Crippen molar-refractivity contribution in [1.29, 1.82) is 0 Å². The molecule has 0 fully saturated rings. The van der Waals surface area contributed by atoms with Crippen LogP contribution in [0.5, 0.6) is 0 Å². The number of halogens is 1. The first-order valence-corrected chi connectivity index (χ1v) is 5.13. The number of thiol groups is 1. The molecule has 2 unspecified atom stereocenters. The molecule has 0 saturated carbocycles. The molecule has 1 aromatic carbocycles. The minimum atomic E-state index is -1.30. The molecule has 15 heavy (non-hydrogen) atoms. The molecular formula is C10H14FNO2S. The Morgan fingerprint density at radius 2 is 2.07 bits per heavy atom. The van der Waals surface area contributed by atoms with Crippen molar-refractivity contribution in [2.45, 2.75) is 19.1 Å². The van der Waals surface area contributed by atoms with Gasteiger partial charge in [-0.25, -0.2) is 4.39 Å². The van der Waals surface area contributed by atoms with Gasteiger partial charge in [-0.3, -0.25) is 0 Å². The van der Waals surface area contributed by atoms with E-state index < -0.39 is 18.0 Å². The van der Waals surface area contributed by atoms with Crippen molar-refractivity contribution in [2.24, 2.45) is 0 Å². The van der Waals surface area contributed by atoms with E-state index in [9.17, 15) is 14.6 Å². The van der Waals surface area contributed by atoms with E-state index in [1.165, 1.54) is 12.1 Å². The van der Waals surface area contributed by atoms with E-state index in [-0.39, 0.29) is 11.3 Å². The monoisotopic (exact) mass is 231 g/mol. The maximum absolute atomic E-state index is 13.4. The Bertz CT molecular complexity index is 360. The fourth-order valence-corrected chi connectivity index (χ4v) is 1.44. The highest BCUT2D eigenvalue weighted by molar-refractivity contribution is 7.80. The van der Waals surface area contributed by atoms with Crippen molar-refractivity contribution < 1.29 is 14.6 Å². The molecule has 0 saturated heterocycles. The van der Waals surface area contributed by atoms with E-state index in [1.807, 2.05) is 0 Å². The van der Waals surface area contributed by atoms with E-state index in [4.69, 9.17) is 5.73 Å². The zero-order chi connectivity index (χ0) is 11.6. The van der Waals surface area contributed by atoms with Gasteiger partial charge in [0.2, 0.25) is 0 Å². The third kappa shape index (κ3) is 2.62. The predicted octanol–water partition coefficient (Wildman–Crippen LogP) is 1.04. The van der Waals surface area contributed by atoms with E-state index in [2.05, 4.69) is 12.6 Å². The van der Waals surface area contributed by atoms with Gasteiger partial charge >= 0.3 is 0 Å². The number of rotatable bonds is 3. The summed E-state index contributed by atoms with van der Waals surface area (Å²) in [6.45, 7) is 1.67. The number of aryl methyl sites for hydroxylation is 1. The average molecular weight is 231 g/mol. The summed E-state index contributed by atoms with van der Waals surface area (Å²) in [7, 11) is 0. The second-order valence-electron chi connectivity index (χ2n) is 3.43. The van der Waals surface area contributed by atoms with Crippen LogP contribution in [-0.2, 0) is 0 Å². The first kappa shape index (κ1) is 12.3. The van der Waals surface area contributed by atoms with Crippen molar-refractivity contribution in [3.8, 4) is 0 Å². The molecule has 2 atom stereocenters. The van der Waals surface area contributed by atoms with Crippen LogP contribution < -0.4 is 5.73 Å². The minimum absolute atomic E-state index is 0.000324. The van der Waals surface area contributed by atoms with Gasteiger partial charge in [-0.15, -0.1) is 0 Å². The Balaban J connectivity index is 3.09. The summed E-state index contributed by atoms with van der Waals surface area (Å²) in [6, 6.07) is 2.57. The van der Waals surface area contributed by atoms with Gasteiger partial charge in [-0.2, -0.15) is 12.6 Å². The van der Waals surface area contributed by atoms with E-state index >= 15 is 0 Å². The van der Waals surface area contributed by atoms with Gasteiger partial charge in [0.1, 0.15) is 11.9 Å². The maximum Gasteiger partial charge on any atom is 0.129 e. The highest BCUT2D eigenvalue weighted by atomic mass is 32.1. The Kier molecular flexibility index (Phi) is 3.96. The van der Waals surface area contributed by atoms with Crippen LogP contribution in [0.4, 0.5) is 10.1 Å². The van der Waals surface area contributed by atoms with Gasteiger partial charge in [-0.1, -0.05) is 0 Å². The number of nitrogens with two attached hydrogens (primary N) is 1. The van der Waals surface area contributed by atoms with Crippen LogP contribution in [0.1, 0.15) is 17.2 Å². The second-order valence-corrected chi connectivity index (χ2v) is 3.79. The van der Waals surface area contributed by atoms with Crippen LogP contribution in [0.2, 0.25) is 0 Å². The lowest BCUT2D eigenvalue weighted by atomic mass is 10.0. The summed E-state index contributed by atoms with van der Waals surface area (Å²) < 4.78 is 13.4. The molecule has 0 aliphatic heterocycles. The molecule has 3 nitrogen and oxygen atoms in total. The third-order valence-electron chi connectivity index (χ3n) is 2.26. The molecule has 0 aliphatic rings. The van der Waals surface area contributed by atoms with Crippen LogP contribution in [0.15, 0.2) is 12.1 Å². The largest absolute Gasteiger partial charge is 0.399 e. The van der Waals surface area contributed by atoms with Crippen molar-refractivity contribution in [2.75, 3.05) is 11.5 Å². The van der Waals surface area contributed by atoms with Crippen LogP contribution in [0, 0.1) is 12.7 Å². The van der Waals surface area contributed by atoms with Crippen LogP contribution in [0.3, 0.4) is 0 Å². The van der Waals surface area contributed by atoms with Gasteiger partial charge in [-0.05, 0) is 24.6 Å². The quantitative estimate of drug-likeness (QED) is 0.464. The molecule has 5 heteroatoms. The Morgan fingerprint density at radius 3 is 2.60 bits per heavy atom. The number of nitrogen functional groups attached to an aromatic ring is 1. The van der Waals surface area contributed by atoms with E-state index in [0.29, 0.717) is 11.3 Å². The second kappa shape index (κ2) is 4.83. The van der Waals surface area contributed by atoms with Crippen LogP contribution >= 0.6 is 12.6 Å². The smallest absolute Gasteiger partial charge is 0.129 e. The molecule has 0 radical (unpaired) electrons. The summed E-state index contributed by atoms with van der Waals surface area (Å²) in [6.07, 6.45) is -2.41. The number of hydrogen-bond acceptors (Lipinski definition) is 4. The molecule has 0 aliphatic carbocycles. The fraction of sp³-hybridized carbons (Fsp3) is 0.400. The molecule has 84 valence electrons. The van der Waals surface area contributed by atoms with Crippen molar-refractivity contribution >= 4 is 18.3 Å². The fourth-order valence-electron chi connectivity index (χ4n) is 1.24. The van der Waals surface area contributed by atoms with Crippen molar-refractivity contribution in [3.05, 3.63) is 29.1 Å². The lowest BCUT2D eigenvalue weighted by Gasteiger charge is -2.17. The molecule has 0 spiro atoms. The Morgan fingerprint density at radius 1 is 1.47 bits per heavy atom. The minimum Gasteiger partial charge on any atom is -0.399 e. The van der Waals surface area contributed by atoms with Crippen molar-refractivity contribution in [3.63, 3.8) is 0 Å². The lowest BCUT2D eigenvalue weighted by molar-refractivity contribution is 0.0315. The lowest BCUT2D eigenvalue weighted by Crippen LogP contribution is -2.21. The maximum atomic E-state index is 13.4. The third-order valence-corrected chi connectivity index (χ3v) is 2.63. The van der Waals surface area contributed by atoms with Crippen LogP contribution in [0.25, 0.3) is 0 Å². The standard InChI is InChI=1S/C10H14FNO2S/c1-5-2-7(11)6(3-8(5)12)10(14)9(13)4-15/h2-3,9-10,13-15H,4,12H2,1H3. The zero-order valence-corrected chi connectivity index (χ0v) is 9.21. The number of aliphatic hydroxyl groups excluding tert-OH is 2. The predicted molar refractivity (Wildman–Crippen MR) is 60.4 cm³/mol. The van der Waals surface area contributed by atoms with Gasteiger partial charge in [0, 0.05) is 17.0 Å². The summed E-state index contributed by atoms with van der Waals surface area (Å²) in [5.74, 6) is -0.524. The molecule has 0 bridgehead atoms. The topological polar surface area (TPSA) is 66.5 Å². The summed E-state index contributed by atoms with van der Waals surface area (Å²) >= 11 is 3.82. The molecule has 4 N–H and O–H groups in total. The first-order chi connectivity index (χ1) is 6.97. The Hall–Kier alpha value is -0.780. The number of benzene rings is 1. The average Bonchev–Trinajstić information content (AvgIpc) is 2.21. The van der Waals surface area contributed by atoms with Crippen LogP contribution in [-0.4, -0.2) is 22.1 Å². The molecule has 0 amide bonds. The molecule has 1 rings (SSSR count).